The fourth-order valence-electron chi connectivity index (χ4n) is 7.61. The highest BCUT2D eigenvalue weighted by atomic mass is 32.2. The quantitative estimate of drug-likeness (QED) is 0.0920. The van der Waals surface area contributed by atoms with Crippen LogP contribution in [0.15, 0.2) is 107 Å². The molecule has 14 heteroatoms. The van der Waals surface area contributed by atoms with Crippen molar-refractivity contribution >= 4 is 31.9 Å². The number of fused-ring (bicyclic) bond motifs is 6. The third-order valence-electron chi connectivity index (χ3n) is 10.5. The molecule has 0 unspecified atom stereocenters. The van der Waals surface area contributed by atoms with Crippen LogP contribution in [0.1, 0.15) is 75.2 Å². The standard InChI is InChI=1S/C43H38F2N4O6S2/c1-26-8-12-28(13-9-26)24-48-42-34-22-32(56(50,51)52)18-16-30(34)20-36(42)40(46-48)38(44)6-4-3-5-7-39(45)41-37-21-31-17-19-33(57(53,54)55)23-35(31)43(37)49(47-41)25-29-14-10-27(2)11-15-29/h6-19,22-23H,3-5,20-21,24-25H2,1-2H3,(H,50,51,52)(H,53,54,55)/b38-6-,39-7-. The van der Waals surface area contributed by atoms with E-state index in [1.54, 1.807) is 21.5 Å². The molecule has 0 atom stereocenters. The van der Waals surface area contributed by atoms with Gasteiger partial charge in [0.1, 0.15) is 23.0 Å². The molecule has 10 nitrogen and oxygen atoms in total. The number of benzene rings is 4. The monoisotopic (exact) mass is 808 g/mol. The molecule has 0 saturated heterocycles. The van der Waals surface area contributed by atoms with Crippen LogP contribution < -0.4 is 0 Å². The lowest BCUT2D eigenvalue weighted by molar-refractivity contribution is 0.481. The van der Waals surface area contributed by atoms with E-state index in [-0.39, 0.29) is 34.0 Å². The van der Waals surface area contributed by atoms with E-state index >= 15 is 8.78 Å². The van der Waals surface area contributed by atoms with Crippen LogP contribution in [0.25, 0.3) is 34.2 Å². The zero-order valence-corrected chi connectivity index (χ0v) is 32.7. The molecule has 6 aromatic rings. The molecule has 4 aromatic carbocycles. The van der Waals surface area contributed by atoms with Crippen LogP contribution in [0.4, 0.5) is 8.78 Å². The third kappa shape index (κ3) is 7.65. The second-order valence-corrected chi connectivity index (χ2v) is 17.5. The Morgan fingerprint density at radius 2 is 1.02 bits per heavy atom. The molecule has 0 amide bonds. The van der Waals surface area contributed by atoms with Crippen LogP contribution in [-0.4, -0.2) is 45.5 Å². The number of hydrogen-bond donors (Lipinski definition) is 2. The number of unbranched alkanes of at least 4 members (excludes halogenated alkanes) is 2. The summed E-state index contributed by atoms with van der Waals surface area (Å²) in [6.07, 6.45) is 4.48. The van der Waals surface area contributed by atoms with E-state index in [2.05, 4.69) is 10.2 Å². The lowest BCUT2D eigenvalue weighted by Crippen LogP contribution is -2.05. The average Bonchev–Trinajstić information content (AvgIpc) is 3.91. The van der Waals surface area contributed by atoms with Gasteiger partial charge in [0.2, 0.25) is 0 Å². The summed E-state index contributed by atoms with van der Waals surface area (Å²) >= 11 is 0. The number of halogens is 2. The van der Waals surface area contributed by atoms with Gasteiger partial charge in [-0.1, -0.05) is 71.8 Å². The highest BCUT2D eigenvalue weighted by Gasteiger charge is 2.32. The summed E-state index contributed by atoms with van der Waals surface area (Å²) in [4.78, 5) is -0.511. The minimum absolute atomic E-state index is 0.148. The van der Waals surface area contributed by atoms with Gasteiger partial charge in [0.05, 0.1) is 34.3 Å². The van der Waals surface area contributed by atoms with Gasteiger partial charge < -0.3 is 0 Å². The van der Waals surface area contributed by atoms with Gasteiger partial charge in [0.25, 0.3) is 20.2 Å². The van der Waals surface area contributed by atoms with E-state index in [1.165, 1.54) is 36.4 Å². The first-order chi connectivity index (χ1) is 27.1. The summed E-state index contributed by atoms with van der Waals surface area (Å²) in [6.45, 7) is 4.58. The van der Waals surface area contributed by atoms with Gasteiger partial charge in [-0.2, -0.15) is 27.0 Å². The molecule has 292 valence electrons. The molecule has 0 fully saturated rings. The highest BCUT2D eigenvalue weighted by Crippen LogP contribution is 2.43. The van der Waals surface area contributed by atoms with Crippen LogP contribution in [0.2, 0.25) is 0 Å². The Balaban J connectivity index is 1.04. The Morgan fingerprint density at radius 3 is 1.39 bits per heavy atom. The molecule has 0 saturated carbocycles. The average molecular weight is 809 g/mol. The van der Waals surface area contributed by atoms with Crippen molar-refractivity contribution in [2.75, 3.05) is 0 Å². The van der Waals surface area contributed by atoms with Gasteiger partial charge in [-0.3, -0.25) is 18.5 Å². The van der Waals surface area contributed by atoms with Gasteiger partial charge in [-0.25, -0.2) is 8.78 Å². The van der Waals surface area contributed by atoms with Crippen molar-refractivity contribution < 1.29 is 34.7 Å². The number of nitrogens with zero attached hydrogens (tertiary/aromatic N) is 4. The zero-order chi connectivity index (χ0) is 40.2. The van der Waals surface area contributed by atoms with Crippen molar-refractivity contribution in [3.05, 3.63) is 153 Å². The molecular formula is C43H38F2N4O6S2. The summed E-state index contributed by atoms with van der Waals surface area (Å²) < 4.78 is 103. The molecule has 2 heterocycles. The maximum absolute atomic E-state index is 16.0. The smallest absolute Gasteiger partial charge is 0.282 e. The van der Waals surface area contributed by atoms with Crippen molar-refractivity contribution in [1.29, 1.82) is 0 Å². The van der Waals surface area contributed by atoms with Crippen LogP contribution >= 0.6 is 0 Å². The number of allylic oxidation sites excluding steroid dienone is 2. The summed E-state index contributed by atoms with van der Waals surface area (Å²) in [5, 5.41) is 9.29. The highest BCUT2D eigenvalue weighted by molar-refractivity contribution is 7.86. The second kappa shape index (κ2) is 14.8. The largest absolute Gasteiger partial charge is 0.294 e. The molecular weight excluding hydrogens is 771 g/mol. The molecule has 0 aliphatic heterocycles. The van der Waals surface area contributed by atoms with E-state index in [0.29, 0.717) is 66.0 Å². The first-order valence-electron chi connectivity index (χ1n) is 18.4. The molecule has 2 aliphatic rings. The molecule has 2 aliphatic carbocycles. The van der Waals surface area contributed by atoms with Crippen molar-refractivity contribution in [3.8, 4) is 22.5 Å². The number of aromatic nitrogens is 4. The second-order valence-electron chi connectivity index (χ2n) is 14.6. The fourth-order valence-corrected chi connectivity index (χ4v) is 8.63. The van der Waals surface area contributed by atoms with Gasteiger partial charge in [0.15, 0.2) is 0 Å². The third-order valence-corrected chi connectivity index (χ3v) is 12.2. The Labute approximate surface area is 329 Å². The first kappa shape index (κ1) is 38.3. The maximum Gasteiger partial charge on any atom is 0.294 e. The predicted molar refractivity (Wildman–Crippen MR) is 213 cm³/mol. The molecule has 8 rings (SSSR count). The van der Waals surface area contributed by atoms with Gasteiger partial charge >= 0.3 is 0 Å². The zero-order valence-electron chi connectivity index (χ0n) is 31.1. The van der Waals surface area contributed by atoms with E-state index in [1.807, 2.05) is 62.4 Å². The lowest BCUT2D eigenvalue weighted by atomic mass is 10.1. The van der Waals surface area contributed by atoms with Gasteiger partial charge in [-0.15, -0.1) is 0 Å². The summed E-state index contributed by atoms with van der Waals surface area (Å²) in [5.41, 5.74) is 9.41. The fraction of sp³-hybridized carbons (Fsp3) is 0.209. The van der Waals surface area contributed by atoms with Crippen molar-refractivity contribution in [2.24, 2.45) is 0 Å². The Morgan fingerprint density at radius 1 is 0.632 bits per heavy atom. The minimum atomic E-state index is -4.47. The Kier molecular flexibility index (Phi) is 9.93. The molecule has 0 spiro atoms. The van der Waals surface area contributed by atoms with Crippen LogP contribution in [-0.2, 0) is 46.2 Å². The van der Waals surface area contributed by atoms with E-state index < -0.39 is 31.9 Å². The molecule has 57 heavy (non-hydrogen) atoms. The minimum Gasteiger partial charge on any atom is -0.282 e. The number of aryl methyl sites for hydroxylation is 2. The number of rotatable bonds is 12. The van der Waals surface area contributed by atoms with E-state index in [9.17, 15) is 25.9 Å². The van der Waals surface area contributed by atoms with Crippen LogP contribution in [0.3, 0.4) is 0 Å². The number of hydrogen-bond acceptors (Lipinski definition) is 6. The lowest BCUT2D eigenvalue weighted by Gasteiger charge is -2.09. The SMILES string of the molecule is Cc1ccc(Cn2nc(/C(F)=C/CCC/C=C(\F)c3nn(Cc4ccc(C)cc4)c4c3Cc3ccc(S(=O)(=O)O)cc3-4)c3c2-c2cc(S(=O)(=O)O)ccc2C3)cc1. The Bertz CT molecular complexity index is 2660. The summed E-state index contributed by atoms with van der Waals surface area (Å²) in [5.74, 6) is -1.09. The van der Waals surface area contributed by atoms with Crippen molar-refractivity contribution in [3.63, 3.8) is 0 Å². The topological polar surface area (TPSA) is 144 Å². The maximum atomic E-state index is 16.0. The summed E-state index contributed by atoms with van der Waals surface area (Å²) in [7, 11) is -8.94. The molecule has 0 radical (unpaired) electrons. The van der Waals surface area contributed by atoms with Gasteiger partial charge in [0, 0.05) is 35.1 Å². The van der Waals surface area contributed by atoms with Gasteiger partial charge in [-0.05, 0) is 91.8 Å². The first-order valence-corrected chi connectivity index (χ1v) is 21.3. The molecule has 2 aromatic heterocycles. The van der Waals surface area contributed by atoms with E-state index in [0.717, 1.165) is 33.4 Å². The van der Waals surface area contributed by atoms with Crippen LogP contribution in [0, 0.1) is 13.8 Å². The van der Waals surface area contributed by atoms with Crippen molar-refractivity contribution in [1.82, 2.24) is 19.6 Å². The normalized spacial score (nSPS) is 13.8. The molecule has 0 bridgehead atoms. The van der Waals surface area contributed by atoms with E-state index in [4.69, 9.17) is 0 Å². The van der Waals surface area contributed by atoms with Crippen molar-refractivity contribution in [2.45, 2.75) is 68.8 Å². The Hall–Kier alpha value is -5.54. The molecule has 2 N–H and O–H groups in total. The summed E-state index contributed by atoms with van der Waals surface area (Å²) in [6, 6.07) is 24.4. The van der Waals surface area contributed by atoms with Crippen LogP contribution in [0.5, 0.6) is 0 Å². The predicted octanol–water partition coefficient (Wildman–Crippen LogP) is 8.92.